The Morgan fingerprint density at radius 3 is 2.47 bits per heavy atom. The molecular weight excluding hydrogens is 246 g/mol. The highest BCUT2D eigenvalue weighted by molar-refractivity contribution is 8.01. The number of nitrogens with two attached hydrogens (primary N) is 1. The van der Waals surface area contributed by atoms with Crippen LogP contribution in [0.5, 0.6) is 0 Å². The van der Waals surface area contributed by atoms with Crippen LogP contribution in [0.3, 0.4) is 0 Å². The van der Waals surface area contributed by atoms with Crippen molar-refractivity contribution in [2.75, 3.05) is 12.5 Å². The normalized spacial score (nSPS) is 12.9. The number of rotatable bonds is 4. The molecule has 0 aliphatic carbocycles. The maximum absolute atomic E-state index is 6.22. The van der Waals surface area contributed by atoms with Gasteiger partial charge in [0, 0.05) is 15.8 Å². The third-order valence-corrected chi connectivity index (χ3v) is 4.20. The highest BCUT2D eigenvalue weighted by Crippen LogP contribution is 2.35. The summed E-state index contributed by atoms with van der Waals surface area (Å²) in [6.45, 7) is 2.01. The average Bonchev–Trinajstić information content (AvgIpc) is 2.15. The van der Waals surface area contributed by atoms with E-state index >= 15 is 0 Å². The molecule has 0 aliphatic heterocycles. The van der Waals surface area contributed by atoms with Gasteiger partial charge in [-0.3, -0.25) is 0 Å². The summed E-state index contributed by atoms with van der Waals surface area (Å²) >= 11 is 9.64. The van der Waals surface area contributed by atoms with Crippen LogP contribution >= 0.6 is 35.1 Å². The minimum Gasteiger partial charge on any atom is -0.328 e. The van der Waals surface area contributed by atoms with E-state index in [1.807, 2.05) is 19.2 Å². The molecule has 0 spiro atoms. The fraction of sp³-hybridized carbons (Fsp3) is 0.455. The molecule has 1 aromatic rings. The molecule has 0 fully saturated rings. The molecule has 0 radical (unpaired) electrons. The topological polar surface area (TPSA) is 26.0 Å². The fourth-order valence-corrected chi connectivity index (χ4v) is 3.57. The van der Waals surface area contributed by atoms with Crippen molar-refractivity contribution < 1.29 is 0 Å². The standard InChI is InChI=1S/C11H16ClNS2/c1-7(13)4-8-5-9(12)11(15-3)10(6-8)14-2/h5-7H,4,13H2,1-3H3. The molecule has 84 valence electrons. The molecule has 15 heavy (non-hydrogen) atoms. The molecule has 4 heteroatoms. The maximum atomic E-state index is 6.22. The van der Waals surface area contributed by atoms with Crippen LogP contribution in [0.15, 0.2) is 21.9 Å². The number of thioether (sulfide) groups is 2. The molecule has 0 saturated heterocycles. The monoisotopic (exact) mass is 261 g/mol. The van der Waals surface area contributed by atoms with Crippen LogP contribution in [0, 0.1) is 0 Å². The molecule has 1 rings (SSSR count). The van der Waals surface area contributed by atoms with Crippen molar-refractivity contribution >= 4 is 35.1 Å². The van der Waals surface area contributed by atoms with Gasteiger partial charge in [0.15, 0.2) is 0 Å². The molecule has 0 bridgehead atoms. The zero-order valence-corrected chi connectivity index (χ0v) is 11.6. The average molecular weight is 262 g/mol. The number of halogens is 1. The van der Waals surface area contributed by atoms with Crippen molar-refractivity contribution in [2.24, 2.45) is 5.73 Å². The molecule has 2 N–H and O–H groups in total. The summed E-state index contributed by atoms with van der Waals surface area (Å²) in [4.78, 5) is 2.41. The lowest BCUT2D eigenvalue weighted by atomic mass is 10.1. The number of hydrogen-bond donors (Lipinski definition) is 1. The molecule has 0 heterocycles. The summed E-state index contributed by atoms with van der Waals surface area (Å²) in [7, 11) is 0. The Hall–Kier alpha value is 0.170. The summed E-state index contributed by atoms with van der Waals surface area (Å²) in [6, 6.07) is 4.39. The minimum atomic E-state index is 0.177. The van der Waals surface area contributed by atoms with Crippen molar-refractivity contribution in [3.05, 3.63) is 22.7 Å². The molecule has 0 aromatic heterocycles. The van der Waals surface area contributed by atoms with Gasteiger partial charge in [0.05, 0.1) is 5.02 Å². The van der Waals surface area contributed by atoms with Crippen molar-refractivity contribution in [2.45, 2.75) is 29.2 Å². The molecule has 0 saturated carbocycles. The van der Waals surface area contributed by atoms with Crippen LogP contribution < -0.4 is 5.73 Å². The van der Waals surface area contributed by atoms with E-state index in [1.165, 1.54) is 10.5 Å². The second-order valence-corrected chi connectivity index (χ2v) is 5.57. The predicted octanol–water partition coefficient (Wildman–Crippen LogP) is 3.67. The van der Waals surface area contributed by atoms with E-state index in [1.54, 1.807) is 23.5 Å². The van der Waals surface area contributed by atoms with E-state index in [0.29, 0.717) is 0 Å². The lowest BCUT2D eigenvalue weighted by molar-refractivity contribution is 0.736. The van der Waals surface area contributed by atoms with Crippen molar-refractivity contribution in [3.8, 4) is 0 Å². The molecule has 1 aromatic carbocycles. The largest absolute Gasteiger partial charge is 0.328 e. The van der Waals surface area contributed by atoms with Gasteiger partial charge in [-0.15, -0.1) is 23.5 Å². The summed E-state index contributed by atoms with van der Waals surface area (Å²) in [5.41, 5.74) is 7.00. The van der Waals surface area contributed by atoms with Crippen LogP contribution in [-0.4, -0.2) is 18.6 Å². The molecule has 1 nitrogen and oxygen atoms in total. The molecule has 0 amide bonds. The quantitative estimate of drug-likeness (QED) is 0.838. The van der Waals surface area contributed by atoms with Gasteiger partial charge in [-0.1, -0.05) is 11.6 Å². The summed E-state index contributed by atoms with van der Waals surface area (Å²) < 4.78 is 0. The number of benzene rings is 1. The Morgan fingerprint density at radius 1 is 1.33 bits per heavy atom. The Kier molecular flexibility index (Phi) is 5.33. The SMILES string of the molecule is CSc1cc(CC(C)N)cc(Cl)c1SC. The van der Waals surface area contributed by atoms with Crippen LogP contribution in [0.4, 0.5) is 0 Å². The lowest BCUT2D eigenvalue weighted by Gasteiger charge is -2.11. The van der Waals surface area contributed by atoms with Gasteiger partial charge in [0.25, 0.3) is 0 Å². The van der Waals surface area contributed by atoms with Crippen LogP contribution in [0.1, 0.15) is 12.5 Å². The Morgan fingerprint density at radius 2 is 2.00 bits per heavy atom. The Balaban J connectivity index is 3.08. The van der Waals surface area contributed by atoms with Crippen LogP contribution in [-0.2, 0) is 6.42 Å². The highest BCUT2D eigenvalue weighted by atomic mass is 35.5. The zero-order chi connectivity index (χ0) is 11.4. The van der Waals surface area contributed by atoms with Crippen molar-refractivity contribution in [3.63, 3.8) is 0 Å². The first-order valence-electron chi connectivity index (χ1n) is 4.74. The van der Waals surface area contributed by atoms with E-state index in [2.05, 4.69) is 12.3 Å². The molecule has 1 unspecified atom stereocenters. The molecular formula is C11H16ClNS2. The highest BCUT2D eigenvalue weighted by Gasteiger charge is 2.09. The first kappa shape index (κ1) is 13.2. The smallest absolute Gasteiger partial charge is 0.0555 e. The van der Waals surface area contributed by atoms with E-state index in [0.717, 1.165) is 16.3 Å². The van der Waals surface area contributed by atoms with Crippen LogP contribution in [0.25, 0.3) is 0 Å². The second-order valence-electron chi connectivity index (χ2n) is 3.49. The summed E-state index contributed by atoms with van der Waals surface area (Å²) in [5, 5.41) is 0.838. The zero-order valence-electron chi connectivity index (χ0n) is 9.21. The number of hydrogen-bond acceptors (Lipinski definition) is 3. The van der Waals surface area contributed by atoms with Gasteiger partial charge in [-0.2, -0.15) is 0 Å². The second kappa shape index (κ2) is 6.04. The van der Waals surface area contributed by atoms with E-state index < -0.39 is 0 Å². The first-order chi connectivity index (χ1) is 7.08. The Labute approximate surface area is 105 Å². The van der Waals surface area contributed by atoms with Gasteiger partial charge in [-0.25, -0.2) is 0 Å². The summed E-state index contributed by atoms with van der Waals surface area (Å²) in [6.07, 6.45) is 5.00. The van der Waals surface area contributed by atoms with Gasteiger partial charge < -0.3 is 5.73 Å². The first-order valence-corrected chi connectivity index (χ1v) is 7.57. The minimum absolute atomic E-state index is 0.177. The van der Waals surface area contributed by atoms with Crippen molar-refractivity contribution in [1.29, 1.82) is 0 Å². The van der Waals surface area contributed by atoms with Crippen molar-refractivity contribution in [1.82, 2.24) is 0 Å². The lowest BCUT2D eigenvalue weighted by Crippen LogP contribution is -2.17. The van der Waals surface area contributed by atoms with E-state index in [4.69, 9.17) is 17.3 Å². The fourth-order valence-electron chi connectivity index (χ4n) is 1.46. The van der Waals surface area contributed by atoms with E-state index in [-0.39, 0.29) is 6.04 Å². The van der Waals surface area contributed by atoms with Gasteiger partial charge >= 0.3 is 0 Å². The van der Waals surface area contributed by atoms with Crippen LogP contribution in [0.2, 0.25) is 5.02 Å². The van der Waals surface area contributed by atoms with Gasteiger partial charge in [0.1, 0.15) is 0 Å². The van der Waals surface area contributed by atoms with Gasteiger partial charge in [0.2, 0.25) is 0 Å². The third-order valence-electron chi connectivity index (χ3n) is 2.05. The van der Waals surface area contributed by atoms with Gasteiger partial charge in [-0.05, 0) is 43.6 Å². The molecule has 1 atom stereocenters. The van der Waals surface area contributed by atoms with E-state index in [9.17, 15) is 0 Å². The molecule has 0 aliphatic rings. The Bertz CT molecular complexity index is 340. The third kappa shape index (κ3) is 3.59. The maximum Gasteiger partial charge on any atom is 0.0555 e. The summed E-state index contributed by atoms with van der Waals surface area (Å²) in [5.74, 6) is 0. The predicted molar refractivity (Wildman–Crippen MR) is 72.4 cm³/mol.